The highest BCUT2D eigenvalue weighted by molar-refractivity contribution is 7.09. The highest BCUT2D eigenvalue weighted by atomic mass is 32.1. The summed E-state index contributed by atoms with van der Waals surface area (Å²) < 4.78 is 0. The molecule has 2 saturated heterocycles. The monoisotopic (exact) mass is 307 g/mol. The van der Waals surface area contributed by atoms with Crippen LogP contribution in [0.1, 0.15) is 62.1 Å². The molecule has 0 radical (unpaired) electrons. The number of rotatable bonds is 3. The first-order valence-electron chi connectivity index (χ1n) is 8.12. The largest absolute Gasteiger partial charge is 0.341 e. The Labute approximate surface area is 130 Å². The average molecular weight is 307 g/mol. The lowest BCUT2D eigenvalue weighted by molar-refractivity contribution is -0.134. The van der Waals surface area contributed by atoms with Crippen molar-refractivity contribution in [3.63, 3.8) is 0 Å². The molecule has 3 rings (SSSR count). The van der Waals surface area contributed by atoms with Gasteiger partial charge < -0.3 is 10.2 Å². The summed E-state index contributed by atoms with van der Waals surface area (Å²) >= 11 is 1.77. The Morgan fingerprint density at radius 2 is 2.29 bits per heavy atom. The van der Waals surface area contributed by atoms with Gasteiger partial charge in [-0.25, -0.2) is 4.98 Å². The highest BCUT2D eigenvalue weighted by Gasteiger charge is 2.31. The molecule has 0 aliphatic carbocycles. The van der Waals surface area contributed by atoms with E-state index in [0.717, 1.165) is 45.3 Å². The van der Waals surface area contributed by atoms with Crippen LogP contribution in [0.25, 0.3) is 0 Å². The molecule has 2 aliphatic heterocycles. The van der Waals surface area contributed by atoms with E-state index in [2.05, 4.69) is 29.4 Å². The van der Waals surface area contributed by atoms with Gasteiger partial charge in [-0.3, -0.25) is 4.79 Å². The van der Waals surface area contributed by atoms with E-state index in [1.807, 2.05) is 0 Å². The number of thiazole rings is 1. The van der Waals surface area contributed by atoms with Crippen molar-refractivity contribution in [3.8, 4) is 0 Å². The molecule has 21 heavy (non-hydrogen) atoms. The van der Waals surface area contributed by atoms with Crippen molar-refractivity contribution in [3.05, 3.63) is 16.1 Å². The van der Waals surface area contributed by atoms with Gasteiger partial charge in [0, 0.05) is 24.4 Å². The van der Waals surface area contributed by atoms with Gasteiger partial charge in [0.15, 0.2) is 0 Å². The number of hydrogen-bond acceptors (Lipinski definition) is 4. The molecule has 3 heterocycles. The Bertz CT molecular complexity index is 493. The van der Waals surface area contributed by atoms with E-state index >= 15 is 0 Å². The Kier molecular flexibility index (Phi) is 4.60. The second-order valence-corrected chi connectivity index (χ2v) is 7.43. The smallest absolute Gasteiger partial charge is 0.239 e. The number of nitrogens with one attached hydrogen (secondary N) is 1. The third-order valence-electron chi connectivity index (χ3n) is 4.57. The van der Waals surface area contributed by atoms with E-state index in [9.17, 15) is 4.79 Å². The van der Waals surface area contributed by atoms with Crippen LogP contribution in [0.3, 0.4) is 0 Å². The van der Waals surface area contributed by atoms with Crippen LogP contribution < -0.4 is 5.32 Å². The van der Waals surface area contributed by atoms with E-state index in [4.69, 9.17) is 4.98 Å². The second kappa shape index (κ2) is 6.44. The van der Waals surface area contributed by atoms with Crippen LogP contribution in [0.4, 0.5) is 0 Å². The normalized spacial score (nSPS) is 26.5. The van der Waals surface area contributed by atoms with Gasteiger partial charge >= 0.3 is 0 Å². The van der Waals surface area contributed by atoms with E-state index in [1.165, 1.54) is 10.7 Å². The van der Waals surface area contributed by atoms with Crippen molar-refractivity contribution in [2.75, 3.05) is 19.6 Å². The fraction of sp³-hybridized carbons (Fsp3) is 0.750. The number of piperidine rings is 1. The first-order valence-corrected chi connectivity index (χ1v) is 9.00. The Balaban J connectivity index is 1.65. The molecular weight excluding hydrogens is 282 g/mol. The molecule has 0 spiro atoms. The summed E-state index contributed by atoms with van der Waals surface area (Å²) in [6, 6.07) is 0.0614. The molecule has 0 aromatic carbocycles. The number of carbonyl (C=O) groups is 1. The number of aromatic nitrogens is 1. The summed E-state index contributed by atoms with van der Waals surface area (Å²) in [7, 11) is 0. The van der Waals surface area contributed by atoms with E-state index in [0.29, 0.717) is 17.7 Å². The molecule has 4 nitrogen and oxygen atoms in total. The standard InChI is InChI=1S/C16H25N3OS/c1-11(2)14-10-21-15(18-14)12-5-4-8-19(9-12)16(20)13-6-3-7-17-13/h10-13,17H,3-9H2,1-2H3. The van der Waals surface area contributed by atoms with Gasteiger partial charge in [-0.05, 0) is 38.1 Å². The Morgan fingerprint density at radius 3 is 2.95 bits per heavy atom. The maximum absolute atomic E-state index is 12.5. The number of hydrogen-bond donors (Lipinski definition) is 1. The van der Waals surface area contributed by atoms with Crippen molar-refractivity contribution in [2.45, 2.75) is 57.4 Å². The van der Waals surface area contributed by atoms with Crippen molar-refractivity contribution in [1.29, 1.82) is 0 Å². The lowest BCUT2D eigenvalue weighted by atomic mass is 9.97. The number of likely N-dealkylation sites (tertiary alicyclic amines) is 1. The summed E-state index contributed by atoms with van der Waals surface area (Å²) in [5, 5.41) is 6.72. The van der Waals surface area contributed by atoms with Gasteiger partial charge in [0.25, 0.3) is 0 Å². The minimum Gasteiger partial charge on any atom is -0.341 e. The van der Waals surface area contributed by atoms with Crippen molar-refractivity contribution >= 4 is 17.2 Å². The molecule has 1 amide bonds. The molecule has 0 bridgehead atoms. The summed E-state index contributed by atoms with van der Waals surface area (Å²) in [6.45, 7) is 7.11. The lowest BCUT2D eigenvalue weighted by Crippen LogP contribution is -2.47. The summed E-state index contributed by atoms with van der Waals surface area (Å²) in [5.74, 6) is 1.22. The number of carbonyl (C=O) groups excluding carboxylic acids is 1. The molecule has 1 aromatic heterocycles. The zero-order chi connectivity index (χ0) is 14.8. The van der Waals surface area contributed by atoms with Crippen molar-refractivity contribution < 1.29 is 4.79 Å². The predicted molar refractivity (Wildman–Crippen MR) is 85.8 cm³/mol. The molecule has 2 fully saturated rings. The maximum atomic E-state index is 12.5. The quantitative estimate of drug-likeness (QED) is 0.934. The minimum absolute atomic E-state index is 0.0614. The van der Waals surface area contributed by atoms with Crippen LogP contribution in [0.5, 0.6) is 0 Å². The molecule has 1 aromatic rings. The van der Waals surface area contributed by atoms with Crippen LogP contribution in [0.15, 0.2) is 5.38 Å². The van der Waals surface area contributed by atoms with Gasteiger partial charge in [-0.15, -0.1) is 11.3 Å². The van der Waals surface area contributed by atoms with Crippen LogP contribution in [-0.2, 0) is 4.79 Å². The average Bonchev–Trinajstić information content (AvgIpc) is 3.18. The third-order valence-corrected chi connectivity index (χ3v) is 5.60. The maximum Gasteiger partial charge on any atom is 0.239 e. The zero-order valence-corrected chi connectivity index (χ0v) is 13.8. The first-order chi connectivity index (χ1) is 10.1. The minimum atomic E-state index is 0.0614. The second-order valence-electron chi connectivity index (χ2n) is 6.54. The number of amides is 1. The fourth-order valence-electron chi connectivity index (χ4n) is 3.25. The third kappa shape index (κ3) is 3.29. The van der Waals surface area contributed by atoms with Gasteiger partial charge in [-0.1, -0.05) is 13.8 Å². The molecule has 2 atom stereocenters. The van der Waals surface area contributed by atoms with Crippen LogP contribution in [0.2, 0.25) is 0 Å². The van der Waals surface area contributed by atoms with E-state index in [1.54, 1.807) is 11.3 Å². The molecule has 0 saturated carbocycles. The molecule has 2 aliphatic rings. The van der Waals surface area contributed by atoms with Crippen molar-refractivity contribution in [2.24, 2.45) is 0 Å². The zero-order valence-electron chi connectivity index (χ0n) is 13.0. The van der Waals surface area contributed by atoms with Gasteiger partial charge in [-0.2, -0.15) is 0 Å². The molecule has 5 heteroatoms. The Morgan fingerprint density at radius 1 is 1.43 bits per heavy atom. The van der Waals surface area contributed by atoms with Crippen LogP contribution in [0, 0.1) is 0 Å². The first kappa shape index (κ1) is 15.0. The Hall–Kier alpha value is -0.940. The van der Waals surface area contributed by atoms with Gasteiger partial charge in [0.05, 0.1) is 16.7 Å². The van der Waals surface area contributed by atoms with Crippen LogP contribution in [-0.4, -0.2) is 41.5 Å². The highest BCUT2D eigenvalue weighted by Crippen LogP contribution is 2.31. The van der Waals surface area contributed by atoms with Crippen molar-refractivity contribution in [1.82, 2.24) is 15.2 Å². The lowest BCUT2D eigenvalue weighted by Gasteiger charge is -2.33. The summed E-state index contributed by atoms with van der Waals surface area (Å²) in [5.41, 5.74) is 1.19. The summed E-state index contributed by atoms with van der Waals surface area (Å²) in [4.78, 5) is 19.4. The topological polar surface area (TPSA) is 45.2 Å². The molecular formula is C16H25N3OS. The van der Waals surface area contributed by atoms with Gasteiger partial charge in [0.2, 0.25) is 5.91 Å². The van der Waals surface area contributed by atoms with Gasteiger partial charge in [0.1, 0.15) is 0 Å². The molecule has 1 N–H and O–H groups in total. The fourth-order valence-corrected chi connectivity index (χ4v) is 4.36. The number of nitrogens with zero attached hydrogens (tertiary/aromatic N) is 2. The summed E-state index contributed by atoms with van der Waals surface area (Å²) in [6.07, 6.45) is 4.37. The molecule has 2 unspecified atom stereocenters. The SMILES string of the molecule is CC(C)c1csc(C2CCCN(C(=O)C3CCCN3)C2)n1. The van der Waals surface area contributed by atoms with E-state index < -0.39 is 0 Å². The van der Waals surface area contributed by atoms with E-state index in [-0.39, 0.29) is 6.04 Å². The predicted octanol–water partition coefficient (Wildman–Crippen LogP) is 2.72. The molecule has 116 valence electrons. The van der Waals surface area contributed by atoms with Crippen LogP contribution >= 0.6 is 11.3 Å².